The molecule has 2 N–H and O–H groups in total. The lowest BCUT2D eigenvalue weighted by molar-refractivity contribution is -0.117. The van der Waals surface area contributed by atoms with Gasteiger partial charge < -0.3 is 10.5 Å². The third-order valence-electron chi connectivity index (χ3n) is 5.46. The number of benzene rings is 2. The fourth-order valence-corrected chi connectivity index (χ4v) is 3.57. The second-order valence-corrected chi connectivity index (χ2v) is 8.38. The third-order valence-corrected chi connectivity index (χ3v) is 5.79. The zero-order chi connectivity index (χ0) is 22.7. The number of primary amides is 1. The van der Waals surface area contributed by atoms with Crippen molar-refractivity contribution in [1.82, 2.24) is 4.98 Å². The summed E-state index contributed by atoms with van der Waals surface area (Å²) >= 11 is 6.38. The molecule has 0 unspecified atom stereocenters. The Hall–Kier alpha value is -3.38. The van der Waals surface area contributed by atoms with E-state index in [1.165, 1.54) is 4.90 Å². The van der Waals surface area contributed by atoms with E-state index in [1.807, 2.05) is 36.4 Å². The molecule has 1 aliphatic rings. The number of anilines is 1. The highest BCUT2D eigenvalue weighted by Crippen LogP contribution is 2.36. The number of rotatable bonds is 8. The number of pyridine rings is 1. The largest absolute Gasteiger partial charge is 0.489 e. The molecule has 164 valence electrons. The Bertz CT molecular complexity index is 1150. The first-order valence-corrected chi connectivity index (χ1v) is 10.8. The van der Waals surface area contributed by atoms with E-state index in [2.05, 4.69) is 4.98 Å². The predicted molar refractivity (Wildman–Crippen MR) is 125 cm³/mol. The number of carbonyl (C=O) groups excluding carboxylic acids is 2. The van der Waals surface area contributed by atoms with Gasteiger partial charge in [0.05, 0.1) is 13.0 Å². The van der Waals surface area contributed by atoms with Crippen LogP contribution in [0.3, 0.4) is 0 Å². The lowest BCUT2D eigenvalue weighted by Gasteiger charge is -2.21. The number of aromatic nitrogens is 1. The summed E-state index contributed by atoms with van der Waals surface area (Å²) < 4.78 is 6.07. The SMILES string of the molecule is CN(C(=O)Cc1ccccc1)c1ncc(-c2cc(C(N)=O)ccc2Cl)cc1OCC1CC1. The number of nitrogens with zero attached hydrogens (tertiary/aromatic N) is 2. The van der Waals surface area contributed by atoms with Crippen molar-refractivity contribution in [2.75, 3.05) is 18.6 Å². The molecule has 0 aliphatic heterocycles. The molecule has 7 heteroatoms. The molecule has 1 fully saturated rings. The van der Waals surface area contributed by atoms with E-state index in [9.17, 15) is 9.59 Å². The summed E-state index contributed by atoms with van der Waals surface area (Å²) in [5.74, 6) is 0.834. The summed E-state index contributed by atoms with van der Waals surface area (Å²) in [4.78, 5) is 30.6. The Morgan fingerprint density at radius 2 is 1.91 bits per heavy atom. The molecule has 0 bridgehead atoms. The highest BCUT2D eigenvalue weighted by Gasteiger charge is 2.24. The second-order valence-electron chi connectivity index (χ2n) is 7.97. The average molecular weight is 450 g/mol. The first-order valence-electron chi connectivity index (χ1n) is 10.5. The van der Waals surface area contributed by atoms with Crippen molar-refractivity contribution in [2.24, 2.45) is 11.7 Å². The van der Waals surface area contributed by atoms with E-state index >= 15 is 0 Å². The van der Waals surface area contributed by atoms with Crippen LogP contribution in [0.25, 0.3) is 11.1 Å². The fraction of sp³-hybridized carbons (Fsp3) is 0.240. The molecule has 4 rings (SSSR count). The van der Waals surface area contributed by atoms with Crippen LogP contribution in [0.2, 0.25) is 5.02 Å². The highest BCUT2D eigenvalue weighted by atomic mass is 35.5. The molecule has 1 saturated carbocycles. The maximum Gasteiger partial charge on any atom is 0.248 e. The smallest absolute Gasteiger partial charge is 0.248 e. The molecule has 0 radical (unpaired) electrons. The maximum absolute atomic E-state index is 12.9. The molecule has 1 heterocycles. The number of halogens is 1. The number of hydrogen-bond donors (Lipinski definition) is 1. The van der Waals surface area contributed by atoms with Crippen molar-refractivity contribution in [1.29, 1.82) is 0 Å². The second kappa shape index (κ2) is 9.40. The molecule has 3 aromatic rings. The van der Waals surface area contributed by atoms with E-state index in [-0.39, 0.29) is 12.3 Å². The highest BCUT2D eigenvalue weighted by molar-refractivity contribution is 6.33. The number of nitrogens with two attached hydrogens (primary N) is 1. The van der Waals surface area contributed by atoms with Crippen molar-refractivity contribution in [3.63, 3.8) is 0 Å². The molecule has 0 spiro atoms. The Kier molecular flexibility index (Phi) is 6.42. The zero-order valence-corrected chi connectivity index (χ0v) is 18.5. The van der Waals surface area contributed by atoms with Crippen LogP contribution >= 0.6 is 11.6 Å². The fourth-order valence-electron chi connectivity index (χ4n) is 3.34. The summed E-state index contributed by atoms with van der Waals surface area (Å²) in [6.45, 7) is 0.563. The number of hydrogen-bond acceptors (Lipinski definition) is 4. The normalized spacial score (nSPS) is 12.9. The molecule has 6 nitrogen and oxygen atoms in total. The quantitative estimate of drug-likeness (QED) is 0.548. The monoisotopic (exact) mass is 449 g/mol. The van der Waals surface area contributed by atoms with Crippen LogP contribution in [0, 0.1) is 5.92 Å². The summed E-state index contributed by atoms with van der Waals surface area (Å²) in [5.41, 5.74) is 8.00. The van der Waals surface area contributed by atoms with Crippen LogP contribution in [-0.4, -0.2) is 30.5 Å². The Morgan fingerprint density at radius 3 is 2.59 bits per heavy atom. The minimum atomic E-state index is -0.538. The van der Waals surface area contributed by atoms with Crippen LogP contribution in [0.5, 0.6) is 5.75 Å². The zero-order valence-electron chi connectivity index (χ0n) is 17.8. The van der Waals surface area contributed by atoms with Gasteiger partial charge in [-0.05, 0) is 48.6 Å². The Balaban J connectivity index is 1.66. The van der Waals surface area contributed by atoms with Gasteiger partial charge in [0.15, 0.2) is 11.6 Å². The van der Waals surface area contributed by atoms with Gasteiger partial charge in [0, 0.05) is 35.0 Å². The first kappa shape index (κ1) is 21.8. The molecule has 0 saturated heterocycles. The van der Waals surface area contributed by atoms with E-state index in [1.54, 1.807) is 31.4 Å². The number of likely N-dealkylation sites (N-methyl/N-ethyl adjacent to an activating group) is 1. The van der Waals surface area contributed by atoms with Gasteiger partial charge in [-0.2, -0.15) is 0 Å². The topological polar surface area (TPSA) is 85.5 Å². The van der Waals surface area contributed by atoms with E-state index in [4.69, 9.17) is 22.1 Å². The minimum absolute atomic E-state index is 0.0959. The Labute approximate surface area is 192 Å². The molecule has 2 aromatic carbocycles. The van der Waals surface area contributed by atoms with Crippen LogP contribution in [0.1, 0.15) is 28.8 Å². The van der Waals surface area contributed by atoms with Crippen molar-refractivity contribution in [2.45, 2.75) is 19.3 Å². The van der Waals surface area contributed by atoms with E-state index in [0.717, 1.165) is 18.4 Å². The third kappa shape index (κ3) is 5.08. The predicted octanol–water partition coefficient (Wildman–Crippen LogP) is 4.50. The molecule has 2 amide bonds. The summed E-state index contributed by atoms with van der Waals surface area (Å²) in [6.07, 6.45) is 4.16. The van der Waals surface area contributed by atoms with Crippen LogP contribution in [-0.2, 0) is 11.2 Å². The number of ether oxygens (including phenoxy) is 1. The van der Waals surface area contributed by atoms with Gasteiger partial charge in [0.25, 0.3) is 0 Å². The molecular formula is C25H24ClN3O3. The average Bonchev–Trinajstić information content (AvgIpc) is 3.62. The molecule has 1 aliphatic carbocycles. The van der Waals surface area contributed by atoms with Gasteiger partial charge in [-0.25, -0.2) is 4.98 Å². The van der Waals surface area contributed by atoms with Crippen molar-refractivity contribution >= 4 is 29.2 Å². The summed E-state index contributed by atoms with van der Waals surface area (Å²) in [6, 6.07) is 16.2. The Morgan fingerprint density at radius 1 is 1.16 bits per heavy atom. The number of amides is 2. The first-order chi connectivity index (χ1) is 15.4. The summed E-state index contributed by atoms with van der Waals surface area (Å²) in [5, 5.41) is 0.464. The lowest BCUT2D eigenvalue weighted by Crippen LogP contribution is -2.29. The van der Waals surface area contributed by atoms with Crippen LogP contribution in [0.15, 0.2) is 60.8 Å². The molecule has 1 aromatic heterocycles. The number of carbonyl (C=O) groups is 2. The lowest BCUT2D eigenvalue weighted by atomic mass is 10.0. The van der Waals surface area contributed by atoms with E-state index < -0.39 is 5.91 Å². The standard InChI is InChI=1S/C25H24ClN3O3/c1-29(23(30)11-16-5-3-2-4-6-16)25-22(32-15-17-7-8-17)13-19(14-28-25)20-12-18(24(27)31)9-10-21(20)26/h2-6,9-10,12-14,17H,7-8,11,15H2,1H3,(H2,27,31). The maximum atomic E-state index is 12.9. The van der Waals surface area contributed by atoms with Crippen LogP contribution < -0.4 is 15.4 Å². The van der Waals surface area contributed by atoms with Gasteiger partial charge in [-0.15, -0.1) is 0 Å². The van der Waals surface area contributed by atoms with Crippen molar-refractivity contribution < 1.29 is 14.3 Å². The van der Waals surface area contributed by atoms with E-state index in [0.29, 0.717) is 45.8 Å². The van der Waals surface area contributed by atoms with Crippen molar-refractivity contribution in [3.05, 3.63) is 76.9 Å². The molecule has 0 atom stereocenters. The summed E-state index contributed by atoms with van der Waals surface area (Å²) in [7, 11) is 1.69. The van der Waals surface area contributed by atoms with Crippen LogP contribution in [0.4, 0.5) is 5.82 Å². The molecular weight excluding hydrogens is 426 g/mol. The van der Waals surface area contributed by atoms with Gasteiger partial charge in [-0.3, -0.25) is 14.5 Å². The van der Waals surface area contributed by atoms with Gasteiger partial charge in [-0.1, -0.05) is 41.9 Å². The minimum Gasteiger partial charge on any atom is -0.489 e. The van der Waals surface area contributed by atoms with Crippen molar-refractivity contribution in [3.8, 4) is 16.9 Å². The van der Waals surface area contributed by atoms with Gasteiger partial charge in [0.1, 0.15) is 0 Å². The van der Waals surface area contributed by atoms with Gasteiger partial charge in [0.2, 0.25) is 11.8 Å². The van der Waals surface area contributed by atoms with Gasteiger partial charge >= 0.3 is 0 Å². The molecule has 32 heavy (non-hydrogen) atoms.